The third-order valence-corrected chi connectivity index (χ3v) is 6.22. The number of nitrogens with zero attached hydrogens (tertiary/aromatic N) is 1. The molecular weight excluding hydrogens is 482 g/mol. The molecule has 38 heavy (non-hydrogen) atoms. The number of rotatable bonds is 7. The van der Waals surface area contributed by atoms with Crippen LogP contribution in [-0.2, 0) is 4.74 Å². The van der Waals surface area contributed by atoms with Gasteiger partial charge in [0.25, 0.3) is 11.8 Å². The van der Waals surface area contributed by atoms with Gasteiger partial charge in [-0.15, -0.1) is 0 Å². The molecule has 1 aliphatic rings. The van der Waals surface area contributed by atoms with E-state index in [2.05, 4.69) is 0 Å². The number of carbonyl (C=O) groups excluding carboxylic acids is 4. The predicted molar refractivity (Wildman–Crippen MR) is 141 cm³/mol. The van der Waals surface area contributed by atoms with Gasteiger partial charge in [-0.1, -0.05) is 42.5 Å². The van der Waals surface area contributed by atoms with Gasteiger partial charge in [0, 0.05) is 5.56 Å². The molecule has 4 aromatic carbocycles. The minimum Gasteiger partial charge on any atom is -0.457 e. The molecule has 0 saturated heterocycles. The van der Waals surface area contributed by atoms with Gasteiger partial charge in [-0.3, -0.25) is 14.4 Å². The molecular formula is C31H23NO6. The number of ether oxygens (including phenoxy) is 2. The SMILES string of the molecule is Cc1ccc(C)c(Oc2ccc(N3C(=O)c4ccc(C(=O)OCC(=O)c5ccccc5)cc4C3=O)cc2)c1. The Morgan fingerprint density at radius 3 is 2.18 bits per heavy atom. The number of fused-ring (bicyclic) bond motifs is 1. The lowest BCUT2D eigenvalue weighted by Crippen LogP contribution is -2.29. The Labute approximate surface area is 219 Å². The minimum atomic E-state index is -0.760. The molecule has 1 heterocycles. The van der Waals surface area contributed by atoms with Crippen molar-refractivity contribution in [2.75, 3.05) is 11.5 Å². The van der Waals surface area contributed by atoms with E-state index in [4.69, 9.17) is 9.47 Å². The molecule has 0 saturated carbocycles. The van der Waals surface area contributed by atoms with Crippen molar-refractivity contribution in [3.05, 3.63) is 124 Å². The van der Waals surface area contributed by atoms with Gasteiger partial charge >= 0.3 is 5.97 Å². The highest BCUT2D eigenvalue weighted by molar-refractivity contribution is 6.34. The number of benzene rings is 4. The highest BCUT2D eigenvalue weighted by Crippen LogP contribution is 2.32. The molecule has 0 N–H and O–H groups in total. The zero-order valence-corrected chi connectivity index (χ0v) is 20.8. The molecule has 5 rings (SSSR count). The van der Waals surface area contributed by atoms with E-state index in [0.29, 0.717) is 17.0 Å². The molecule has 0 radical (unpaired) electrons. The van der Waals surface area contributed by atoms with Crippen LogP contribution in [0.1, 0.15) is 52.6 Å². The van der Waals surface area contributed by atoms with E-state index in [-0.39, 0.29) is 22.5 Å². The van der Waals surface area contributed by atoms with Gasteiger partial charge in [-0.05, 0) is 73.5 Å². The van der Waals surface area contributed by atoms with E-state index < -0.39 is 24.4 Å². The van der Waals surface area contributed by atoms with Crippen molar-refractivity contribution in [1.82, 2.24) is 0 Å². The number of carbonyl (C=O) groups is 4. The maximum absolute atomic E-state index is 13.2. The highest BCUT2D eigenvalue weighted by Gasteiger charge is 2.37. The van der Waals surface area contributed by atoms with Gasteiger partial charge in [0.2, 0.25) is 0 Å². The van der Waals surface area contributed by atoms with Crippen molar-refractivity contribution in [3.63, 3.8) is 0 Å². The molecule has 0 unspecified atom stereocenters. The lowest BCUT2D eigenvalue weighted by atomic mass is 10.1. The fourth-order valence-electron chi connectivity index (χ4n) is 4.13. The average molecular weight is 506 g/mol. The summed E-state index contributed by atoms with van der Waals surface area (Å²) in [6.07, 6.45) is 0. The van der Waals surface area contributed by atoms with Crippen LogP contribution < -0.4 is 9.64 Å². The van der Waals surface area contributed by atoms with Crippen molar-refractivity contribution < 1.29 is 28.7 Å². The molecule has 7 heteroatoms. The zero-order valence-electron chi connectivity index (χ0n) is 20.8. The van der Waals surface area contributed by atoms with Crippen molar-refractivity contribution in [1.29, 1.82) is 0 Å². The first kappa shape index (κ1) is 24.6. The van der Waals surface area contributed by atoms with E-state index in [9.17, 15) is 19.2 Å². The molecule has 188 valence electrons. The summed E-state index contributed by atoms with van der Waals surface area (Å²) in [5.41, 5.74) is 3.21. The highest BCUT2D eigenvalue weighted by atomic mass is 16.5. The third-order valence-electron chi connectivity index (χ3n) is 6.22. The van der Waals surface area contributed by atoms with Crippen LogP contribution in [0.4, 0.5) is 5.69 Å². The topological polar surface area (TPSA) is 90.0 Å². The number of aryl methyl sites for hydroxylation is 2. The Morgan fingerprint density at radius 1 is 0.737 bits per heavy atom. The molecule has 0 bridgehead atoms. The van der Waals surface area contributed by atoms with Gasteiger partial charge in [0.15, 0.2) is 12.4 Å². The Morgan fingerprint density at radius 2 is 1.45 bits per heavy atom. The molecule has 0 atom stereocenters. The second-order valence-electron chi connectivity index (χ2n) is 8.94. The van der Waals surface area contributed by atoms with Crippen molar-refractivity contribution in [3.8, 4) is 11.5 Å². The van der Waals surface area contributed by atoms with Crippen molar-refractivity contribution in [2.45, 2.75) is 13.8 Å². The second-order valence-corrected chi connectivity index (χ2v) is 8.94. The first-order valence-corrected chi connectivity index (χ1v) is 12.0. The summed E-state index contributed by atoms with van der Waals surface area (Å²) in [7, 11) is 0. The summed E-state index contributed by atoms with van der Waals surface area (Å²) >= 11 is 0. The monoisotopic (exact) mass is 505 g/mol. The summed E-state index contributed by atoms with van der Waals surface area (Å²) in [4.78, 5) is 52.0. The van der Waals surface area contributed by atoms with Crippen LogP contribution in [0.25, 0.3) is 0 Å². The standard InChI is InChI=1S/C31H23NO6/c1-19-8-9-20(2)28(16-19)38-24-13-11-23(12-14-24)32-29(34)25-15-10-22(17-26(25)30(32)35)31(36)37-18-27(33)21-6-4-3-5-7-21/h3-17H,18H2,1-2H3. The number of imide groups is 1. The maximum atomic E-state index is 13.2. The largest absolute Gasteiger partial charge is 0.457 e. The normalized spacial score (nSPS) is 12.3. The molecule has 7 nitrogen and oxygen atoms in total. The van der Waals surface area contributed by atoms with Gasteiger partial charge in [0.05, 0.1) is 22.4 Å². The van der Waals surface area contributed by atoms with E-state index >= 15 is 0 Å². The molecule has 1 aliphatic heterocycles. The fraction of sp³-hybridized carbons (Fsp3) is 0.0968. The Kier molecular flexibility index (Phi) is 6.58. The summed E-state index contributed by atoms with van der Waals surface area (Å²) in [5.74, 6) is -0.862. The number of ketones is 1. The zero-order chi connectivity index (χ0) is 26.8. The average Bonchev–Trinajstić information content (AvgIpc) is 3.19. The van der Waals surface area contributed by atoms with Crippen LogP contribution in [0.2, 0.25) is 0 Å². The van der Waals surface area contributed by atoms with Crippen LogP contribution in [0.15, 0.2) is 91.0 Å². The van der Waals surface area contributed by atoms with E-state index in [1.165, 1.54) is 18.2 Å². The fourth-order valence-corrected chi connectivity index (χ4v) is 4.13. The first-order valence-electron chi connectivity index (χ1n) is 12.0. The predicted octanol–water partition coefficient (Wildman–Crippen LogP) is 5.94. The summed E-state index contributed by atoms with van der Waals surface area (Å²) < 4.78 is 11.1. The Balaban J connectivity index is 1.29. The molecule has 0 aliphatic carbocycles. The van der Waals surface area contributed by atoms with Gasteiger partial charge < -0.3 is 9.47 Å². The van der Waals surface area contributed by atoms with Crippen LogP contribution in [-0.4, -0.2) is 30.2 Å². The maximum Gasteiger partial charge on any atom is 0.338 e. The van der Waals surface area contributed by atoms with Gasteiger partial charge in [0.1, 0.15) is 11.5 Å². The summed E-state index contributed by atoms with van der Waals surface area (Å²) in [6, 6.07) is 25.2. The van der Waals surface area contributed by atoms with Gasteiger partial charge in [-0.25, -0.2) is 9.69 Å². The molecule has 0 aromatic heterocycles. The van der Waals surface area contributed by atoms with Crippen LogP contribution >= 0.6 is 0 Å². The lowest BCUT2D eigenvalue weighted by molar-refractivity contribution is 0.0474. The quantitative estimate of drug-likeness (QED) is 0.176. The summed E-state index contributed by atoms with van der Waals surface area (Å²) in [6.45, 7) is 3.50. The van der Waals surface area contributed by atoms with Crippen LogP contribution in [0.3, 0.4) is 0 Å². The van der Waals surface area contributed by atoms with E-state index in [1.54, 1.807) is 54.6 Å². The summed E-state index contributed by atoms with van der Waals surface area (Å²) in [5, 5.41) is 0. The van der Waals surface area contributed by atoms with Crippen LogP contribution in [0, 0.1) is 13.8 Å². The van der Waals surface area contributed by atoms with E-state index in [0.717, 1.165) is 21.8 Å². The minimum absolute atomic E-state index is 0.0740. The number of hydrogen-bond donors (Lipinski definition) is 0. The second kappa shape index (κ2) is 10.1. The Hall–Kier alpha value is -5.04. The Bertz CT molecular complexity index is 1570. The number of amides is 2. The van der Waals surface area contributed by atoms with E-state index in [1.807, 2.05) is 32.0 Å². The number of hydrogen-bond acceptors (Lipinski definition) is 6. The number of anilines is 1. The molecule has 2 amide bonds. The van der Waals surface area contributed by atoms with Gasteiger partial charge in [-0.2, -0.15) is 0 Å². The third kappa shape index (κ3) is 4.82. The number of esters is 1. The van der Waals surface area contributed by atoms with Crippen LogP contribution in [0.5, 0.6) is 11.5 Å². The first-order chi connectivity index (χ1) is 18.3. The smallest absolute Gasteiger partial charge is 0.338 e. The van der Waals surface area contributed by atoms with Crippen molar-refractivity contribution in [2.24, 2.45) is 0 Å². The molecule has 4 aromatic rings. The molecule has 0 fully saturated rings. The molecule has 0 spiro atoms. The number of Topliss-reactive ketones (excluding diaryl/α,β-unsaturated/α-hetero) is 1. The van der Waals surface area contributed by atoms with Crippen molar-refractivity contribution >= 4 is 29.3 Å². The lowest BCUT2D eigenvalue weighted by Gasteiger charge is -2.15.